The van der Waals surface area contributed by atoms with Crippen LogP contribution in [-0.2, 0) is 6.42 Å². The Morgan fingerprint density at radius 2 is 1.94 bits per heavy atom. The van der Waals surface area contributed by atoms with Crippen molar-refractivity contribution in [3.63, 3.8) is 0 Å². The van der Waals surface area contributed by atoms with Crippen LogP contribution >= 0.6 is 0 Å². The van der Waals surface area contributed by atoms with Crippen molar-refractivity contribution < 1.29 is 5.11 Å². The molecule has 0 radical (unpaired) electrons. The van der Waals surface area contributed by atoms with Crippen molar-refractivity contribution >= 4 is 11.6 Å². The first kappa shape index (κ1) is 13.7. The SMILES string of the molecule is CCCc1nc(NC)cc(NCC(C)(C)O)n1. The van der Waals surface area contributed by atoms with E-state index < -0.39 is 5.60 Å². The molecule has 1 rings (SSSR count). The van der Waals surface area contributed by atoms with E-state index >= 15 is 0 Å². The Hall–Kier alpha value is -1.36. The molecule has 0 unspecified atom stereocenters. The molecule has 0 saturated carbocycles. The maximum absolute atomic E-state index is 9.66. The van der Waals surface area contributed by atoms with Crippen LogP contribution in [0.25, 0.3) is 0 Å². The third-order valence-corrected chi connectivity index (χ3v) is 2.20. The summed E-state index contributed by atoms with van der Waals surface area (Å²) in [4.78, 5) is 8.76. The lowest BCUT2D eigenvalue weighted by atomic mass is 10.1. The smallest absolute Gasteiger partial charge is 0.133 e. The lowest BCUT2D eigenvalue weighted by Gasteiger charge is -2.18. The van der Waals surface area contributed by atoms with Crippen molar-refractivity contribution in [1.82, 2.24) is 9.97 Å². The van der Waals surface area contributed by atoms with Gasteiger partial charge in [-0.2, -0.15) is 0 Å². The molecule has 0 amide bonds. The van der Waals surface area contributed by atoms with E-state index in [-0.39, 0.29) is 0 Å². The number of aromatic nitrogens is 2. The van der Waals surface area contributed by atoms with Crippen LogP contribution in [0, 0.1) is 0 Å². The molecule has 0 aliphatic heterocycles. The van der Waals surface area contributed by atoms with E-state index in [1.54, 1.807) is 13.8 Å². The lowest BCUT2D eigenvalue weighted by Crippen LogP contribution is -2.29. The van der Waals surface area contributed by atoms with Crippen LogP contribution in [0.15, 0.2) is 6.07 Å². The minimum atomic E-state index is -0.754. The Kier molecular flexibility index (Phi) is 4.69. The second kappa shape index (κ2) is 5.82. The van der Waals surface area contributed by atoms with Crippen molar-refractivity contribution in [2.45, 2.75) is 39.2 Å². The number of nitrogens with one attached hydrogen (secondary N) is 2. The molecule has 0 bridgehead atoms. The molecule has 1 heterocycles. The Morgan fingerprint density at radius 1 is 1.29 bits per heavy atom. The summed E-state index contributed by atoms with van der Waals surface area (Å²) in [7, 11) is 1.83. The Bertz CT molecular complexity index is 360. The van der Waals surface area contributed by atoms with Gasteiger partial charge in [-0.1, -0.05) is 6.92 Å². The molecule has 0 saturated heterocycles. The third kappa shape index (κ3) is 4.99. The van der Waals surface area contributed by atoms with Gasteiger partial charge in [0.05, 0.1) is 5.60 Å². The maximum atomic E-state index is 9.66. The number of hydrogen-bond acceptors (Lipinski definition) is 5. The Balaban J connectivity index is 2.79. The average molecular weight is 238 g/mol. The number of nitrogens with zero attached hydrogens (tertiary/aromatic N) is 2. The number of aryl methyl sites for hydroxylation is 1. The average Bonchev–Trinajstić information content (AvgIpc) is 2.25. The molecule has 0 atom stereocenters. The van der Waals surface area contributed by atoms with Gasteiger partial charge in [0.25, 0.3) is 0 Å². The van der Waals surface area contributed by atoms with Gasteiger partial charge in [-0.25, -0.2) is 9.97 Å². The van der Waals surface area contributed by atoms with Crippen LogP contribution in [0.1, 0.15) is 33.0 Å². The normalized spacial score (nSPS) is 11.4. The first-order valence-electron chi connectivity index (χ1n) is 5.96. The summed E-state index contributed by atoms with van der Waals surface area (Å²) in [6, 6.07) is 1.84. The van der Waals surface area contributed by atoms with E-state index in [4.69, 9.17) is 0 Å². The molecule has 0 aliphatic carbocycles. The van der Waals surface area contributed by atoms with Gasteiger partial charge in [-0.05, 0) is 20.3 Å². The molecule has 0 fully saturated rings. The van der Waals surface area contributed by atoms with Gasteiger partial charge in [0.15, 0.2) is 0 Å². The fourth-order valence-electron chi connectivity index (χ4n) is 1.36. The van der Waals surface area contributed by atoms with Crippen LogP contribution in [0.2, 0.25) is 0 Å². The zero-order valence-electron chi connectivity index (χ0n) is 11.0. The van der Waals surface area contributed by atoms with Gasteiger partial charge < -0.3 is 15.7 Å². The summed E-state index contributed by atoms with van der Waals surface area (Å²) in [6.07, 6.45) is 1.87. The Labute approximate surface area is 103 Å². The van der Waals surface area contributed by atoms with Gasteiger partial charge in [-0.15, -0.1) is 0 Å². The van der Waals surface area contributed by atoms with Crippen LogP contribution in [0.3, 0.4) is 0 Å². The number of hydrogen-bond donors (Lipinski definition) is 3. The standard InChI is InChI=1S/C12H22N4O/c1-5-6-9-15-10(13-4)7-11(16-9)14-8-12(2,3)17/h7,17H,5-6,8H2,1-4H3,(H2,13,14,15,16). The predicted octanol–water partition coefficient (Wildman–Crippen LogP) is 1.65. The minimum Gasteiger partial charge on any atom is -0.389 e. The van der Waals surface area contributed by atoms with E-state index in [0.29, 0.717) is 6.54 Å². The van der Waals surface area contributed by atoms with Crippen molar-refractivity contribution in [1.29, 1.82) is 0 Å². The molecule has 5 nitrogen and oxygen atoms in total. The lowest BCUT2D eigenvalue weighted by molar-refractivity contribution is 0.0944. The van der Waals surface area contributed by atoms with Crippen LogP contribution in [0.5, 0.6) is 0 Å². The molecular formula is C12H22N4O. The highest BCUT2D eigenvalue weighted by molar-refractivity contribution is 5.47. The molecule has 0 aliphatic rings. The quantitative estimate of drug-likeness (QED) is 0.703. The number of rotatable bonds is 6. The summed E-state index contributed by atoms with van der Waals surface area (Å²) >= 11 is 0. The van der Waals surface area contributed by atoms with Gasteiger partial charge >= 0.3 is 0 Å². The highest BCUT2D eigenvalue weighted by atomic mass is 16.3. The van der Waals surface area contributed by atoms with E-state index in [2.05, 4.69) is 27.5 Å². The first-order chi connectivity index (χ1) is 7.94. The van der Waals surface area contributed by atoms with Gasteiger partial charge in [0.2, 0.25) is 0 Å². The fraction of sp³-hybridized carbons (Fsp3) is 0.667. The monoisotopic (exact) mass is 238 g/mol. The number of anilines is 2. The summed E-state index contributed by atoms with van der Waals surface area (Å²) in [5.74, 6) is 2.36. The van der Waals surface area contributed by atoms with Crippen molar-refractivity contribution in [3.8, 4) is 0 Å². The predicted molar refractivity (Wildman–Crippen MR) is 70.4 cm³/mol. The zero-order chi connectivity index (χ0) is 12.9. The summed E-state index contributed by atoms with van der Waals surface area (Å²) in [6.45, 7) is 6.07. The number of aliphatic hydroxyl groups is 1. The second-order valence-electron chi connectivity index (χ2n) is 4.72. The fourth-order valence-corrected chi connectivity index (χ4v) is 1.36. The van der Waals surface area contributed by atoms with Crippen LogP contribution in [0.4, 0.5) is 11.6 Å². The van der Waals surface area contributed by atoms with Crippen molar-refractivity contribution in [2.75, 3.05) is 24.2 Å². The zero-order valence-corrected chi connectivity index (χ0v) is 11.0. The van der Waals surface area contributed by atoms with Gasteiger partial charge in [0.1, 0.15) is 17.5 Å². The molecule has 1 aromatic heterocycles. The van der Waals surface area contributed by atoms with E-state index in [0.717, 1.165) is 30.3 Å². The minimum absolute atomic E-state index is 0.457. The van der Waals surface area contributed by atoms with Crippen LogP contribution in [-0.4, -0.2) is 34.3 Å². The molecule has 1 aromatic rings. The molecular weight excluding hydrogens is 216 g/mol. The van der Waals surface area contributed by atoms with E-state index in [1.165, 1.54) is 0 Å². The first-order valence-corrected chi connectivity index (χ1v) is 5.96. The van der Waals surface area contributed by atoms with Crippen molar-refractivity contribution in [2.24, 2.45) is 0 Å². The third-order valence-electron chi connectivity index (χ3n) is 2.20. The van der Waals surface area contributed by atoms with E-state index in [1.807, 2.05) is 13.1 Å². The summed E-state index contributed by atoms with van der Waals surface area (Å²) in [5.41, 5.74) is -0.754. The largest absolute Gasteiger partial charge is 0.389 e. The topological polar surface area (TPSA) is 70.1 Å². The molecule has 96 valence electrons. The molecule has 17 heavy (non-hydrogen) atoms. The van der Waals surface area contributed by atoms with E-state index in [9.17, 15) is 5.11 Å². The van der Waals surface area contributed by atoms with Crippen LogP contribution < -0.4 is 10.6 Å². The molecule has 0 spiro atoms. The molecule has 5 heteroatoms. The molecule has 0 aromatic carbocycles. The summed E-state index contributed by atoms with van der Waals surface area (Å²) in [5, 5.41) is 15.8. The Morgan fingerprint density at radius 3 is 2.47 bits per heavy atom. The highest BCUT2D eigenvalue weighted by Crippen LogP contribution is 2.13. The summed E-state index contributed by atoms with van der Waals surface area (Å²) < 4.78 is 0. The highest BCUT2D eigenvalue weighted by Gasteiger charge is 2.12. The maximum Gasteiger partial charge on any atom is 0.133 e. The second-order valence-corrected chi connectivity index (χ2v) is 4.72. The van der Waals surface area contributed by atoms with Crippen molar-refractivity contribution in [3.05, 3.63) is 11.9 Å². The molecule has 3 N–H and O–H groups in total. The van der Waals surface area contributed by atoms with Gasteiger partial charge in [0, 0.05) is 26.1 Å². The van der Waals surface area contributed by atoms with Gasteiger partial charge in [-0.3, -0.25) is 0 Å².